The molecule has 21 heavy (non-hydrogen) atoms. The molecular formula is C18H30O3. The minimum atomic E-state index is -0.0702. The molecule has 0 aromatic rings. The lowest BCUT2D eigenvalue weighted by Crippen LogP contribution is -2.61. The minimum Gasteiger partial charge on any atom is -0.396 e. The zero-order chi connectivity index (χ0) is 15.3. The fraction of sp³-hybridized carbons (Fsp3) is 0.889. The number of aliphatic hydroxyl groups excluding tert-OH is 1. The van der Waals surface area contributed by atoms with Crippen molar-refractivity contribution in [3.05, 3.63) is 12.2 Å². The van der Waals surface area contributed by atoms with Gasteiger partial charge < -0.3 is 14.6 Å². The Morgan fingerprint density at radius 3 is 2.76 bits per heavy atom. The first kappa shape index (κ1) is 15.5. The van der Waals surface area contributed by atoms with Crippen molar-refractivity contribution in [3.63, 3.8) is 0 Å². The van der Waals surface area contributed by atoms with Gasteiger partial charge in [0, 0.05) is 12.0 Å². The van der Waals surface area contributed by atoms with E-state index in [-0.39, 0.29) is 23.7 Å². The van der Waals surface area contributed by atoms with Crippen molar-refractivity contribution in [2.24, 2.45) is 22.7 Å². The molecular weight excluding hydrogens is 264 g/mol. The van der Waals surface area contributed by atoms with Gasteiger partial charge in [-0.05, 0) is 56.3 Å². The first-order valence-corrected chi connectivity index (χ1v) is 8.47. The van der Waals surface area contributed by atoms with Crippen molar-refractivity contribution in [1.29, 1.82) is 0 Å². The Balaban J connectivity index is 1.92. The largest absolute Gasteiger partial charge is 0.396 e. The van der Waals surface area contributed by atoms with Gasteiger partial charge in [0.25, 0.3) is 0 Å². The van der Waals surface area contributed by atoms with Crippen LogP contribution in [0.4, 0.5) is 0 Å². The van der Waals surface area contributed by atoms with Crippen LogP contribution in [0.3, 0.4) is 0 Å². The lowest BCUT2D eigenvalue weighted by atomic mass is 9.46. The summed E-state index contributed by atoms with van der Waals surface area (Å²) < 4.78 is 12.0. The molecule has 3 aliphatic rings. The number of rotatable bonds is 2. The van der Waals surface area contributed by atoms with E-state index >= 15 is 0 Å². The molecule has 2 saturated carbocycles. The average Bonchev–Trinajstić information content (AvgIpc) is 2.44. The highest BCUT2D eigenvalue weighted by Gasteiger charge is 2.59. The van der Waals surface area contributed by atoms with E-state index in [9.17, 15) is 5.11 Å². The van der Waals surface area contributed by atoms with Gasteiger partial charge in [-0.15, -0.1) is 0 Å². The molecule has 0 bridgehead atoms. The van der Waals surface area contributed by atoms with Crippen molar-refractivity contribution in [2.75, 3.05) is 13.2 Å². The summed E-state index contributed by atoms with van der Waals surface area (Å²) in [4.78, 5) is 0. The van der Waals surface area contributed by atoms with Crippen molar-refractivity contribution in [1.82, 2.24) is 0 Å². The van der Waals surface area contributed by atoms with Crippen LogP contribution in [0.15, 0.2) is 12.2 Å². The molecule has 6 atom stereocenters. The third kappa shape index (κ3) is 2.29. The number of aliphatic hydroxyl groups is 1. The number of allylic oxidation sites excluding steroid dienone is 1. The van der Waals surface area contributed by atoms with Gasteiger partial charge in [-0.25, -0.2) is 0 Å². The quantitative estimate of drug-likeness (QED) is 0.792. The Morgan fingerprint density at radius 2 is 2.05 bits per heavy atom. The number of hydrogen-bond donors (Lipinski definition) is 1. The van der Waals surface area contributed by atoms with E-state index in [1.165, 1.54) is 18.4 Å². The first-order chi connectivity index (χ1) is 9.91. The maximum atomic E-state index is 9.48. The van der Waals surface area contributed by atoms with Gasteiger partial charge in [0.1, 0.15) is 0 Å². The summed E-state index contributed by atoms with van der Waals surface area (Å²) in [6.07, 6.45) is 5.65. The van der Waals surface area contributed by atoms with Crippen molar-refractivity contribution >= 4 is 0 Å². The van der Waals surface area contributed by atoms with E-state index in [1.54, 1.807) is 0 Å². The molecule has 1 saturated heterocycles. The molecule has 1 heterocycles. The predicted molar refractivity (Wildman–Crippen MR) is 82.8 cm³/mol. The second-order valence-corrected chi connectivity index (χ2v) is 7.87. The predicted octanol–water partition coefficient (Wildman–Crippen LogP) is 3.52. The Kier molecular flexibility index (Phi) is 3.96. The van der Waals surface area contributed by atoms with Crippen molar-refractivity contribution in [3.8, 4) is 0 Å². The van der Waals surface area contributed by atoms with Crippen LogP contribution in [-0.4, -0.2) is 30.7 Å². The van der Waals surface area contributed by atoms with Crippen molar-refractivity contribution < 1.29 is 14.6 Å². The standard InChI is InChI=1S/C18H30O3/c1-12-5-6-15-17(3,14(12)8-10-19)9-7-16-18(15,4)11-20-13(2)21-16/h13-16,19H,1,5-11H2,2-4H3/t13-,14-,15?,16-,17+,18+/m1/s1. The van der Waals surface area contributed by atoms with E-state index in [0.717, 1.165) is 25.9 Å². The average molecular weight is 294 g/mol. The summed E-state index contributed by atoms with van der Waals surface area (Å²) in [6, 6.07) is 0. The SMILES string of the molecule is C=C1CCC2[C@]3(C)CO[C@@H](C)O[C@@H]3CC[C@@]2(C)[C@@H]1CCO. The van der Waals surface area contributed by atoms with Gasteiger partial charge in [-0.3, -0.25) is 0 Å². The van der Waals surface area contributed by atoms with Gasteiger partial charge in [0.05, 0.1) is 12.7 Å². The van der Waals surface area contributed by atoms with E-state index in [4.69, 9.17) is 9.47 Å². The summed E-state index contributed by atoms with van der Waals surface area (Å²) in [5.74, 6) is 1.04. The molecule has 1 unspecified atom stereocenters. The molecule has 1 N–H and O–H groups in total. The highest BCUT2D eigenvalue weighted by molar-refractivity contribution is 5.17. The van der Waals surface area contributed by atoms with E-state index in [2.05, 4.69) is 20.4 Å². The van der Waals surface area contributed by atoms with Crippen LogP contribution in [0.2, 0.25) is 0 Å². The molecule has 0 aromatic carbocycles. The molecule has 0 spiro atoms. The highest BCUT2D eigenvalue weighted by Crippen LogP contribution is 2.63. The topological polar surface area (TPSA) is 38.7 Å². The maximum Gasteiger partial charge on any atom is 0.155 e. The second kappa shape index (κ2) is 5.36. The summed E-state index contributed by atoms with van der Waals surface area (Å²) in [5.41, 5.74) is 1.68. The summed E-state index contributed by atoms with van der Waals surface area (Å²) in [6.45, 7) is 12.2. The molecule has 3 rings (SSSR count). The van der Waals surface area contributed by atoms with Gasteiger partial charge in [0.15, 0.2) is 6.29 Å². The Hall–Kier alpha value is -0.380. The zero-order valence-electron chi connectivity index (χ0n) is 13.7. The minimum absolute atomic E-state index is 0.0702. The van der Waals surface area contributed by atoms with Gasteiger partial charge in [-0.2, -0.15) is 0 Å². The third-order valence-corrected chi connectivity index (χ3v) is 6.72. The fourth-order valence-electron chi connectivity index (χ4n) is 5.62. The van der Waals surface area contributed by atoms with Crippen LogP contribution in [0, 0.1) is 22.7 Å². The van der Waals surface area contributed by atoms with E-state index in [0.29, 0.717) is 17.9 Å². The monoisotopic (exact) mass is 294 g/mol. The normalized spacial score (nSPS) is 50.4. The van der Waals surface area contributed by atoms with Crippen LogP contribution in [0.5, 0.6) is 0 Å². The van der Waals surface area contributed by atoms with E-state index < -0.39 is 0 Å². The van der Waals surface area contributed by atoms with Gasteiger partial charge in [0.2, 0.25) is 0 Å². The van der Waals surface area contributed by atoms with Crippen LogP contribution in [-0.2, 0) is 9.47 Å². The van der Waals surface area contributed by atoms with Crippen LogP contribution < -0.4 is 0 Å². The number of ether oxygens (including phenoxy) is 2. The lowest BCUT2D eigenvalue weighted by Gasteiger charge is -2.62. The first-order valence-electron chi connectivity index (χ1n) is 8.47. The Bertz CT molecular complexity index is 421. The Labute approximate surface area is 128 Å². The maximum absolute atomic E-state index is 9.48. The highest BCUT2D eigenvalue weighted by atomic mass is 16.7. The third-order valence-electron chi connectivity index (χ3n) is 6.72. The molecule has 0 amide bonds. The van der Waals surface area contributed by atoms with Crippen LogP contribution >= 0.6 is 0 Å². The zero-order valence-corrected chi connectivity index (χ0v) is 13.7. The summed E-state index contributed by atoms with van der Waals surface area (Å²) >= 11 is 0. The van der Waals surface area contributed by atoms with Crippen LogP contribution in [0.1, 0.15) is 52.9 Å². The number of hydrogen-bond acceptors (Lipinski definition) is 3. The molecule has 120 valence electrons. The molecule has 1 aliphatic heterocycles. The molecule has 3 fully saturated rings. The van der Waals surface area contributed by atoms with Crippen LogP contribution in [0.25, 0.3) is 0 Å². The van der Waals surface area contributed by atoms with Gasteiger partial charge >= 0.3 is 0 Å². The molecule has 0 aromatic heterocycles. The smallest absolute Gasteiger partial charge is 0.155 e. The fourth-order valence-corrected chi connectivity index (χ4v) is 5.62. The summed E-state index contributed by atoms with van der Waals surface area (Å²) in [7, 11) is 0. The van der Waals surface area contributed by atoms with Crippen molar-refractivity contribution in [2.45, 2.75) is 65.3 Å². The molecule has 2 aliphatic carbocycles. The molecule has 0 radical (unpaired) electrons. The lowest BCUT2D eigenvalue weighted by molar-refractivity contribution is -0.297. The Morgan fingerprint density at radius 1 is 1.29 bits per heavy atom. The van der Waals surface area contributed by atoms with Gasteiger partial charge in [-0.1, -0.05) is 26.0 Å². The number of fused-ring (bicyclic) bond motifs is 3. The molecule has 3 heteroatoms. The summed E-state index contributed by atoms with van der Waals surface area (Å²) in [5, 5.41) is 9.48. The molecule has 3 nitrogen and oxygen atoms in total. The second-order valence-electron chi connectivity index (χ2n) is 7.87. The van der Waals surface area contributed by atoms with E-state index in [1.807, 2.05) is 6.92 Å².